The Morgan fingerprint density at radius 1 is 1.06 bits per heavy atom. The smallest absolute Gasteiger partial charge is 0.0651 e. The zero-order chi connectivity index (χ0) is 10.5. The van der Waals surface area contributed by atoms with Gasteiger partial charge >= 0.3 is 0 Å². The van der Waals surface area contributed by atoms with Gasteiger partial charge in [-0.1, -0.05) is 0 Å². The maximum Gasteiger partial charge on any atom is 0.0651 e. The van der Waals surface area contributed by atoms with Gasteiger partial charge in [0.25, 0.3) is 0 Å². The highest BCUT2D eigenvalue weighted by Crippen LogP contribution is 2.31. The van der Waals surface area contributed by atoms with Gasteiger partial charge in [0.2, 0.25) is 0 Å². The molecule has 4 aromatic rings. The Kier molecular flexibility index (Phi) is 1.47. The molecule has 1 aromatic carbocycles. The molecule has 0 spiro atoms. The van der Waals surface area contributed by atoms with Crippen LogP contribution in [0.25, 0.3) is 31.9 Å². The van der Waals surface area contributed by atoms with Crippen LogP contribution in [0, 0.1) is 0 Å². The molecular formula is C13H8N2S. The Morgan fingerprint density at radius 2 is 2.06 bits per heavy atom. The SMILES string of the molecule is c1cc2c(cn1)[nH]c1cc3sccc3cc12. The number of aromatic nitrogens is 2. The van der Waals surface area contributed by atoms with Crippen molar-refractivity contribution in [3.05, 3.63) is 42.0 Å². The van der Waals surface area contributed by atoms with Crippen LogP contribution in [0.15, 0.2) is 42.0 Å². The third-order valence-corrected chi connectivity index (χ3v) is 3.85. The first-order chi connectivity index (χ1) is 7.92. The van der Waals surface area contributed by atoms with Gasteiger partial charge in [-0.15, -0.1) is 11.3 Å². The highest BCUT2D eigenvalue weighted by Gasteiger charge is 2.05. The first kappa shape index (κ1) is 8.30. The van der Waals surface area contributed by atoms with Crippen LogP contribution in [0.2, 0.25) is 0 Å². The standard InChI is InChI=1S/C13H8N2S/c1-3-14-7-12-9(1)10-5-8-2-4-16-13(8)6-11(10)15-12/h1-7,15H. The summed E-state index contributed by atoms with van der Waals surface area (Å²) in [7, 11) is 0. The Labute approximate surface area is 95.5 Å². The molecule has 0 fully saturated rings. The summed E-state index contributed by atoms with van der Waals surface area (Å²) in [5, 5.41) is 5.98. The average Bonchev–Trinajstić information content (AvgIpc) is 2.88. The number of H-pyrrole nitrogens is 1. The number of aromatic amines is 1. The molecule has 4 rings (SSSR count). The van der Waals surface area contributed by atoms with Gasteiger partial charge in [0.15, 0.2) is 0 Å². The van der Waals surface area contributed by atoms with Crippen LogP contribution in [-0.4, -0.2) is 9.97 Å². The maximum absolute atomic E-state index is 4.14. The van der Waals surface area contributed by atoms with Crippen molar-refractivity contribution in [1.29, 1.82) is 0 Å². The van der Waals surface area contributed by atoms with Crippen LogP contribution in [0.5, 0.6) is 0 Å². The molecule has 0 saturated carbocycles. The predicted molar refractivity (Wildman–Crippen MR) is 69.0 cm³/mol. The van der Waals surface area contributed by atoms with E-state index in [1.165, 1.54) is 26.4 Å². The van der Waals surface area contributed by atoms with Gasteiger partial charge in [-0.25, -0.2) is 0 Å². The number of benzene rings is 1. The van der Waals surface area contributed by atoms with Crippen molar-refractivity contribution in [2.75, 3.05) is 0 Å². The monoisotopic (exact) mass is 224 g/mol. The van der Waals surface area contributed by atoms with Crippen molar-refractivity contribution in [3.63, 3.8) is 0 Å². The molecular weight excluding hydrogens is 216 g/mol. The van der Waals surface area contributed by atoms with Crippen molar-refractivity contribution in [2.24, 2.45) is 0 Å². The summed E-state index contributed by atoms with van der Waals surface area (Å²) in [6.45, 7) is 0. The van der Waals surface area contributed by atoms with Gasteiger partial charge in [-0.2, -0.15) is 0 Å². The quantitative estimate of drug-likeness (QED) is 0.481. The molecule has 0 aliphatic carbocycles. The molecule has 0 amide bonds. The van der Waals surface area contributed by atoms with E-state index in [9.17, 15) is 0 Å². The van der Waals surface area contributed by atoms with Crippen molar-refractivity contribution in [1.82, 2.24) is 9.97 Å². The molecule has 0 saturated heterocycles. The minimum atomic E-state index is 1.11. The maximum atomic E-state index is 4.14. The van der Waals surface area contributed by atoms with Crippen LogP contribution in [-0.2, 0) is 0 Å². The first-order valence-electron chi connectivity index (χ1n) is 5.14. The third kappa shape index (κ3) is 0.981. The Balaban J connectivity index is 2.32. The molecule has 3 aromatic heterocycles. The van der Waals surface area contributed by atoms with Crippen molar-refractivity contribution < 1.29 is 0 Å². The second-order valence-electron chi connectivity index (χ2n) is 3.90. The van der Waals surface area contributed by atoms with E-state index in [1.807, 2.05) is 12.4 Å². The lowest BCUT2D eigenvalue weighted by molar-refractivity contribution is 1.35. The van der Waals surface area contributed by atoms with Crippen molar-refractivity contribution in [3.8, 4) is 0 Å². The number of hydrogen-bond donors (Lipinski definition) is 1. The number of nitrogens with zero attached hydrogens (tertiary/aromatic N) is 1. The number of hydrogen-bond acceptors (Lipinski definition) is 2. The second-order valence-corrected chi connectivity index (χ2v) is 4.85. The molecule has 0 bridgehead atoms. The van der Waals surface area contributed by atoms with Gasteiger partial charge in [-0.05, 0) is 35.0 Å². The van der Waals surface area contributed by atoms with E-state index in [0.717, 1.165) is 5.52 Å². The number of pyridine rings is 1. The highest BCUT2D eigenvalue weighted by atomic mass is 32.1. The van der Waals surface area contributed by atoms with E-state index < -0.39 is 0 Å². The molecule has 0 radical (unpaired) electrons. The Bertz CT molecular complexity index is 810. The van der Waals surface area contributed by atoms with Gasteiger partial charge < -0.3 is 4.98 Å². The lowest BCUT2D eigenvalue weighted by Crippen LogP contribution is -1.69. The fraction of sp³-hybridized carbons (Fsp3) is 0. The fourth-order valence-electron chi connectivity index (χ4n) is 2.21. The zero-order valence-electron chi connectivity index (χ0n) is 8.40. The lowest BCUT2D eigenvalue weighted by atomic mass is 10.1. The number of fused-ring (bicyclic) bond motifs is 4. The highest BCUT2D eigenvalue weighted by molar-refractivity contribution is 7.17. The Hall–Kier alpha value is -1.87. The fourth-order valence-corrected chi connectivity index (χ4v) is 3.02. The number of thiophene rings is 1. The van der Waals surface area contributed by atoms with Crippen LogP contribution in [0.3, 0.4) is 0 Å². The topological polar surface area (TPSA) is 28.7 Å². The molecule has 16 heavy (non-hydrogen) atoms. The van der Waals surface area contributed by atoms with Gasteiger partial charge in [-0.3, -0.25) is 4.98 Å². The summed E-state index contributed by atoms with van der Waals surface area (Å²) in [5.41, 5.74) is 2.30. The van der Waals surface area contributed by atoms with Crippen LogP contribution in [0.4, 0.5) is 0 Å². The summed E-state index contributed by atoms with van der Waals surface area (Å²) >= 11 is 1.78. The predicted octanol–water partition coefficient (Wildman–Crippen LogP) is 3.93. The number of nitrogens with one attached hydrogen (secondary N) is 1. The van der Waals surface area contributed by atoms with E-state index >= 15 is 0 Å². The molecule has 0 unspecified atom stereocenters. The minimum absolute atomic E-state index is 1.11. The first-order valence-corrected chi connectivity index (χ1v) is 6.02. The molecule has 0 aliphatic rings. The largest absolute Gasteiger partial charge is 0.353 e. The molecule has 2 nitrogen and oxygen atoms in total. The normalized spacial score (nSPS) is 11.8. The third-order valence-electron chi connectivity index (χ3n) is 2.97. The van der Waals surface area contributed by atoms with E-state index in [0.29, 0.717) is 0 Å². The van der Waals surface area contributed by atoms with Gasteiger partial charge in [0.05, 0.1) is 11.7 Å². The van der Waals surface area contributed by atoms with E-state index in [-0.39, 0.29) is 0 Å². The average molecular weight is 224 g/mol. The van der Waals surface area contributed by atoms with Crippen molar-refractivity contribution in [2.45, 2.75) is 0 Å². The van der Waals surface area contributed by atoms with Crippen LogP contribution < -0.4 is 0 Å². The van der Waals surface area contributed by atoms with E-state index in [2.05, 4.69) is 39.6 Å². The van der Waals surface area contributed by atoms with Crippen LogP contribution in [0.1, 0.15) is 0 Å². The molecule has 3 heteroatoms. The second kappa shape index (κ2) is 2.83. The summed E-state index contributed by atoms with van der Waals surface area (Å²) in [5.74, 6) is 0. The van der Waals surface area contributed by atoms with Gasteiger partial charge in [0.1, 0.15) is 0 Å². The summed E-state index contributed by atoms with van der Waals surface area (Å²) in [6, 6.07) is 8.70. The zero-order valence-corrected chi connectivity index (χ0v) is 9.21. The summed E-state index contributed by atoms with van der Waals surface area (Å²) in [6.07, 6.45) is 3.72. The molecule has 0 aliphatic heterocycles. The molecule has 3 heterocycles. The van der Waals surface area contributed by atoms with Crippen molar-refractivity contribution >= 4 is 43.2 Å². The van der Waals surface area contributed by atoms with Crippen LogP contribution >= 0.6 is 11.3 Å². The summed E-state index contributed by atoms with van der Waals surface area (Å²) < 4.78 is 1.33. The molecule has 0 atom stereocenters. The van der Waals surface area contributed by atoms with E-state index in [1.54, 1.807) is 11.3 Å². The lowest BCUT2D eigenvalue weighted by Gasteiger charge is -1.91. The Morgan fingerprint density at radius 3 is 3.06 bits per heavy atom. The van der Waals surface area contributed by atoms with Gasteiger partial charge in [0, 0.05) is 27.2 Å². The number of rotatable bonds is 0. The van der Waals surface area contributed by atoms with E-state index in [4.69, 9.17) is 0 Å². The molecule has 76 valence electrons. The molecule has 1 N–H and O–H groups in total. The minimum Gasteiger partial charge on any atom is -0.353 e. The summed E-state index contributed by atoms with van der Waals surface area (Å²) in [4.78, 5) is 7.54.